The van der Waals surface area contributed by atoms with Crippen LogP contribution in [0.2, 0.25) is 0 Å². The van der Waals surface area contributed by atoms with Gasteiger partial charge in [0.15, 0.2) is 11.5 Å². The van der Waals surface area contributed by atoms with Crippen LogP contribution in [0.3, 0.4) is 0 Å². The van der Waals surface area contributed by atoms with E-state index in [9.17, 15) is 0 Å². The van der Waals surface area contributed by atoms with E-state index < -0.39 is 0 Å². The molecule has 6 heteroatoms. The van der Waals surface area contributed by atoms with Crippen LogP contribution in [0, 0.1) is 11.3 Å². The van der Waals surface area contributed by atoms with E-state index in [4.69, 9.17) is 25.2 Å². The fraction of sp³-hybridized carbons (Fsp3) is 0.143. The predicted molar refractivity (Wildman–Crippen MR) is 73.0 cm³/mol. The Morgan fingerprint density at radius 1 is 1.20 bits per heavy atom. The average Bonchev–Trinajstić information content (AvgIpc) is 2.49. The number of aromatic nitrogens is 1. The van der Waals surface area contributed by atoms with E-state index >= 15 is 0 Å². The minimum Gasteiger partial charge on any atom is -0.493 e. The number of nitrogens with two attached hydrogens (primary N) is 1. The Kier molecular flexibility index (Phi) is 3.91. The predicted octanol–water partition coefficient (Wildman–Crippen LogP) is 2.34. The Labute approximate surface area is 116 Å². The molecule has 2 rings (SSSR count). The van der Waals surface area contributed by atoms with Gasteiger partial charge in [-0.3, -0.25) is 0 Å². The van der Waals surface area contributed by atoms with E-state index in [1.807, 2.05) is 6.07 Å². The summed E-state index contributed by atoms with van der Waals surface area (Å²) >= 11 is 0. The molecular weight excluding hydrogens is 258 g/mol. The van der Waals surface area contributed by atoms with E-state index in [-0.39, 0.29) is 11.4 Å². The SMILES string of the molecule is COc1cccc(OC)c1Oc1ncc(N)cc1C#N. The van der Waals surface area contributed by atoms with Gasteiger partial charge in [0.2, 0.25) is 11.6 Å². The molecule has 0 aliphatic rings. The second-order valence-electron chi connectivity index (χ2n) is 3.83. The highest BCUT2D eigenvalue weighted by Crippen LogP contribution is 2.40. The van der Waals surface area contributed by atoms with Crippen molar-refractivity contribution in [1.29, 1.82) is 5.26 Å². The molecule has 1 aromatic carbocycles. The number of ether oxygens (including phenoxy) is 3. The monoisotopic (exact) mass is 271 g/mol. The van der Waals surface area contributed by atoms with Crippen molar-refractivity contribution in [3.8, 4) is 29.2 Å². The molecule has 0 saturated heterocycles. The van der Waals surface area contributed by atoms with Gasteiger partial charge < -0.3 is 19.9 Å². The molecular formula is C14H13N3O3. The van der Waals surface area contributed by atoms with Crippen LogP contribution in [-0.2, 0) is 0 Å². The van der Waals surface area contributed by atoms with E-state index in [1.165, 1.54) is 26.5 Å². The number of nitrogen functional groups attached to an aromatic ring is 1. The van der Waals surface area contributed by atoms with Crippen molar-refractivity contribution in [2.45, 2.75) is 0 Å². The molecule has 2 aromatic rings. The summed E-state index contributed by atoms with van der Waals surface area (Å²) in [5, 5.41) is 9.09. The summed E-state index contributed by atoms with van der Waals surface area (Å²) in [6, 6.07) is 8.69. The summed E-state index contributed by atoms with van der Waals surface area (Å²) in [5.74, 6) is 1.45. The van der Waals surface area contributed by atoms with Gasteiger partial charge in [-0.15, -0.1) is 0 Å². The van der Waals surface area contributed by atoms with Crippen LogP contribution in [0.25, 0.3) is 0 Å². The average molecular weight is 271 g/mol. The topological polar surface area (TPSA) is 90.4 Å². The second kappa shape index (κ2) is 5.80. The lowest BCUT2D eigenvalue weighted by Gasteiger charge is -2.13. The van der Waals surface area contributed by atoms with Crippen LogP contribution in [-0.4, -0.2) is 19.2 Å². The fourth-order valence-electron chi connectivity index (χ4n) is 1.64. The number of hydrogen-bond donors (Lipinski definition) is 1. The number of hydrogen-bond acceptors (Lipinski definition) is 6. The van der Waals surface area contributed by atoms with E-state index in [2.05, 4.69) is 4.98 Å². The third kappa shape index (κ3) is 2.57. The molecule has 0 radical (unpaired) electrons. The number of nitriles is 1. The van der Waals surface area contributed by atoms with Gasteiger partial charge in [-0.1, -0.05) is 6.07 Å². The summed E-state index contributed by atoms with van der Waals surface area (Å²) in [6.07, 6.45) is 1.41. The third-order valence-corrected chi connectivity index (χ3v) is 2.57. The number of benzene rings is 1. The zero-order valence-electron chi connectivity index (χ0n) is 11.1. The Bertz CT molecular complexity index is 643. The lowest BCUT2D eigenvalue weighted by Crippen LogP contribution is -1.98. The second-order valence-corrected chi connectivity index (χ2v) is 3.83. The van der Waals surface area contributed by atoms with Crippen LogP contribution in [0.15, 0.2) is 30.5 Å². The summed E-state index contributed by atoms with van der Waals surface area (Å²) < 4.78 is 16.1. The first kappa shape index (κ1) is 13.5. The van der Waals surface area contributed by atoms with Crippen molar-refractivity contribution in [1.82, 2.24) is 4.98 Å². The van der Waals surface area contributed by atoms with Crippen molar-refractivity contribution in [3.63, 3.8) is 0 Å². The maximum absolute atomic E-state index is 9.09. The molecule has 2 N–H and O–H groups in total. The van der Waals surface area contributed by atoms with Crippen LogP contribution in [0.4, 0.5) is 5.69 Å². The van der Waals surface area contributed by atoms with Crippen LogP contribution in [0.5, 0.6) is 23.1 Å². The smallest absolute Gasteiger partial charge is 0.237 e. The highest BCUT2D eigenvalue weighted by atomic mass is 16.5. The number of pyridine rings is 1. The minimum absolute atomic E-state index is 0.143. The summed E-state index contributed by atoms with van der Waals surface area (Å²) in [6.45, 7) is 0. The number of rotatable bonds is 4. The quantitative estimate of drug-likeness (QED) is 0.917. The summed E-state index contributed by atoms with van der Waals surface area (Å²) in [7, 11) is 3.03. The molecule has 0 spiro atoms. The van der Waals surface area contributed by atoms with E-state index in [0.29, 0.717) is 22.9 Å². The standard InChI is InChI=1S/C14H13N3O3/c1-18-11-4-3-5-12(19-2)13(11)20-14-9(7-15)6-10(16)8-17-14/h3-6,8H,16H2,1-2H3. The molecule has 6 nitrogen and oxygen atoms in total. The molecule has 1 aromatic heterocycles. The van der Waals surface area contributed by atoms with Crippen molar-refractivity contribution in [3.05, 3.63) is 36.0 Å². The van der Waals surface area contributed by atoms with Crippen LogP contribution in [0.1, 0.15) is 5.56 Å². The maximum Gasteiger partial charge on any atom is 0.237 e. The van der Waals surface area contributed by atoms with Crippen molar-refractivity contribution in [2.75, 3.05) is 20.0 Å². The maximum atomic E-state index is 9.09. The largest absolute Gasteiger partial charge is 0.493 e. The lowest BCUT2D eigenvalue weighted by molar-refractivity contribution is 0.341. The molecule has 0 atom stereocenters. The normalized spacial score (nSPS) is 9.65. The van der Waals surface area contributed by atoms with Gasteiger partial charge in [-0.25, -0.2) is 4.98 Å². The minimum atomic E-state index is 0.143. The van der Waals surface area contributed by atoms with Crippen LogP contribution >= 0.6 is 0 Å². The molecule has 102 valence electrons. The number of para-hydroxylation sites is 1. The van der Waals surface area contributed by atoms with Gasteiger partial charge in [0.1, 0.15) is 11.6 Å². The lowest BCUT2D eigenvalue weighted by atomic mass is 10.2. The van der Waals surface area contributed by atoms with Crippen molar-refractivity contribution < 1.29 is 14.2 Å². The van der Waals surface area contributed by atoms with Crippen molar-refractivity contribution in [2.24, 2.45) is 0 Å². The van der Waals surface area contributed by atoms with Gasteiger partial charge >= 0.3 is 0 Å². The first-order valence-electron chi connectivity index (χ1n) is 5.74. The molecule has 0 aliphatic carbocycles. The molecule has 0 aliphatic heterocycles. The number of nitrogens with zero attached hydrogens (tertiary/aromatic N) is 2. The van der Waals surface area contributed by atoms with Gasteiger partial charge in [-0.2, -0.15) is 5.26 Å². The molecule has 1 heterocycles. The molecule has 0 unspecified atom stereocenters. The van der Waals surface area contributed by atoms with E-state index in [0.717, 1.165) is 0 Å². The molecule has 20 heavy (non-hydrogen) atoms. The van der Waals surface area contributed by atoms with Gasteiger partial charge in [-0.05, 0) is 18.2 Å². The van der Waals surface area contributed by atoms with Gasteiger partial charge in [0.05, 0.1) is 26.1 Å². The first-order chi connectivity index (χ1) is 9.69. The summed E-state index contributed by atoms with van der Waals surface area (Å²) in [5.41, 5.74) is 6.21. The highest BCUT2D eigenvalue weighted by Gasteiger charge is 2.15. The number of anilines is 1. The Morgan fingerprint density at radius 2 is 1.85 bits per heavy atom. The third-order valence-electron chi connectivity index (χ3n) is 2.57. The number of methoxy groups -OCH3 is 2. The zero-order chi connectivity index (χ0) is 14.5. The Hall–Kier alpha value is -2.94. The zero-order valence-corrected chi connectivity index (χ0v) is 11.1. The Balaban J connectivity index is 2.47. The molecule has 0 amide bonds. The molecule has 0 saturated carbocycles. The summed E-state index contributed by atoms with van der Waals surface area (Å²) in [4.78, 5) is 4.01. The van der Waals surface area contributed by atoms with E-state index in [1.54, 1.807) is 18.2 Å². The fourth-order valence-corrected chi connectivity index (χ4v) is 1.64. The van der Waals surface area contributed by atoms with Crippen LogP contribution < -0.4 is 19.9 Å². The first-order valence-corrected chi connectivity index (χ1v) is 5.74. The Morgan fingerprint density at radius 3 is 2.40 bits per heavy atom. The molecule has 0 bridgehead atoms. The van der Waals surface area contributed by atoms with Gasteiger partial charge in [0.25, 0.3) is 0 Å². The highest BCUT2D eigenvalue weighted by molar-refractivity contribution is 5.55. The molecule has 0 fully saturated rings. The van der Waals surface area contributed by atoms with Crippen molar-refractivity contribution >= 4 is 5.69 Å². The van der Waals surface area contributed by atoms with Gasteiger partial charge in [0, 0.05) is 0 Å².